The maximum atomic E-state index is 11.3. The first-order chi connectivity index (χ1) is 9.18. The lowest BCUT2D eigenvalue weighted by atomic mass is 10.1. The van der Waals surface area contributed by atoms with Crippen molar-refractivity contribution in [1.82, 2.24) is 9.55 Å². The Labute approximate surface area is 115 Å². The number of aromatic carboxylic acids is 1. The highest BCUT2D eigenvalue weighted by Crippen LogP contribution is 2.31. The fourth-order valence-electron chi connectivity index (χ4n) is 2.79. The number of aromatic nitrogens is 2. The lowest BCUT2D eigenvalue weighted by Crippen LogP contribution is -2.17. The number of carboxylic acid groups (broad SMARTS) is 1. The molecule has 0 spiro atoms. The molecule has 1 fully saturated rings. The monoisotopic (exact) mass is 276 g/mol. The van der Waals surface area contributed by atoms with Crippen molar-refractivity contribution < 1.29 is 9.90 Å². The molecule has 2 aromatic rings. The van der Waals surface area contributed by atoms with Gasteiger partial charge in [-0.2, -0.15) is 11.8 Å². The van der Waals surface area contributed by atoms with Gasteiger partial charge in [0.1, 0.15) is 11.3 Å². The molecule has 1 aliphatic rings. The van der Waals surface area contributed by atoms with Crippen LogP contribution in [-0.4, -0.2) is 32.1 Å². The van der Waals surface area contributed by atoms with Gasteiger partial charge in [0.25, 0.3) is 0 Å². The normalized spacial score (nSPS) is 19.7. The molecule has 1 unspecified atom stereocenters. The average Bonchev–Trinajstić information content (AvgIpc) is 2.75. The van der Waals surface area contributed by atoms with E-state index in [1.807, 2.05) is 24.8 Å². The van der Waals surface area contributed by atoms with E-state index in [0.29, 0.717) is 17.1 Å². The molecule has 5 heteroatoms. The van der Waals surface area contributed by atoms with Gasteiger partial charge in [0.15, 0.2) is 0 Å². The summed E-state index contributed by atoms with van der Waals surface area (Å²) in [6.07, 6.45) is 2.36. The molecule has 0 bridgehead atoms. The van der Waals surface area contributed by atoms with Gasteiger partial charge in [0, 0.05) is 11.8 Å². The second-order valence-corrected chi connectivity index (χ2v) is 6.03. The molecule has 0 aliphatic carbocycles. The molecule has 3 rings (SSSR count). The quantitative estimate of drug-likeness (QED) is 0.915. The highest BCUT2D eigenvalue weighted by atomic mass is 32.2. The highest BCUT2D eigenvalue weighted by Gasteiger charge is 2.22. The van der Waals surface area contributed by atoms with Gasteiger partial charge in [-0.1, -0.05) is 6.07 Å². The summed E-state index contributed by atoms with van der Waals surface area (Å²) in [6.45, 7) is 1.96. The number of carbonyl (C=O) groups is 1. The van der Waals surface area contributed by atoms with E-state index in [1.54, 1.807) is 12.1 Å². The number of benzene rings is 1. The lowest BCUT2D eigenvalue weighted by molar-refractivity contribution is 0.0699. The number of hydrogen-bond acceptors (Lipinski definition) is 3. The zero-order valence-electron chi connectivity index (χ0n) is 10.8. The topological polar surface area (TPSA) is 55.1 Å². The zero-order chi connectivity index (χ0) is 13.4. The minimum absolute atomic E-state index is 0.294. The Bertz CT molecular complexity index is 630. The van der Waals surface area contributed by atoms with Gasteiger partial charge in [-0.15, -0.1) is 0 Å². The van der Waals surface area contributed by atoms with Crippen molar-refractivity contribution in [1.29, 1.82) is 0 Å². The van der Waals surface area contributed by atoms with Crippen LogP contribution in [0.2, 0.25) is 0 Å². The summed E-state index contributed by atoms with van der Waals surface area (Å²) in [4.78, 5) is 15.7. The van der Waals surface area contributed by atoms with Crippen LogP contribution in [0.5, 0.6) is 0 Å². The van der Waals surface area contributed by atoms with Crippen LogP contribution in [0.4, 0.5) is 0 Å². The largest absolute Gasteiger partial charge is 0.478 e. The average molecular weight is 276 g/mol. The van der Waals surface area contributed by atoms with Crippen molar-refractivity contribution in [2.75, 3.05) is 11.5 Å². The summed E-state index contributed by atoms with van der Waals surface area (Å²) in [5, 5.41) is 9.24. The van der Waals surface area contributed by atoms with E-state index in [1.165, 1.54) is 12.2 Å². The number of hydrogen-bond donors (Lipinski definition) is 1. The molecular formula is C14H16N2O2S. The molecule has 4 nitrogen and oxygen atoms in total. The molecule has 0 radical (unpaired) electrons. The first-order valence-corrected chi connectivity index (χ1v) is 7.62. The Morgan fingerprint density at radius 1 is 1.53 bits per heavy atom. The number of fused-ring (bicyclic) bond motifs is 1. The van der Waals surface area contributed by atoms with Gasteiger partial charge in [-0.3, -0.25) is 0 Å². The van der Waals surface area contributed by atoms with Crippen molar-refractivity contribution in [2.45, 2.75) is 25.8 Å². The van der Waals surface area contributed by atoms with Crippen molar-refractivity contribution >= 4 is 28.8 Å². The number of para-hydroxylation sites is 1. The van der Waals surface area contributed by atoms with Crippen LogP contribution in [0.25, 0.3) is 11.0 Å². The van der Waals surface area contributed by atoms with Gasteiger partial charge >= 0.3 is 5.97 Å². The zero-order valence-corrected chi connectivity index (χ0v) is 11.6. The standard InChI is InChI=1S/C14H16N2O2S/c1-9-15-13-11(14(17)18)5-2-6-12(13)16(9)10-4-3-7-19-8-10/h2,5-6,10H,3-4,7-8H2,1H3,(H,17,18). The van der Waals surface area contributed by atoms with Crippen molar-refractivity contribution in [2.24, 2.45) is 0 Å². The van der Waals surface area contributed by atoms with Crippen LogP contribution in [0.1, 0.15) is 35.1 Å². The Morgan fingerprint density at radius 2 is 2.37 bits per heavy atom. The van der Waals surface area contributed by atoms with Crippen molar-refractivity contribution in [3.05, 3.63) is 29.6 Å². The minimum atomic E-state index is -0.909. The van der Waals surface area contributed by atoms with Crippen LogP contribution in [-0.2, 0) is 0 Å². The fraction of sp³-hybridized carbons (Fsp3) is 0.429. The summed E-state index contributed by atoms with van der Waals surface area (Å²) in [5.74, 6) is 2.32. The number of rotatable bonds is 2. The molecule has 1 aliphatic heterocycles. The van der Waals surface area contributed by atoms with Gasteiger partial charge in [0.2, 0.25) is 0 Å². The number of carboxylic acids is 1. The number of imidazole rings is 1. The predicted octanol–water partition coefficient (Wildman–Crippen LogP) is 3.11. The summed E-state index contributed by atoms with van der Waals surface area (Å²) in [5.41, 5.74) is 1.86. The van der Waals surface area contributed by atoms with E-state index < -0.39 is 5.97 Å². The Hall–Kier alpha value is -1.49. The Kier molecular flexibility index (Phi) is 3.22. The molecule has 100 valence electrons. The number of aryl methyl sites for hydroxylation is 1. The molecule has 1 atom stereocenters. The number of nitrogens with zero attached hydrogens (tertiary/aromatic N) is 2. The first-order valence-electron chi connectivity index (χ1n) is 6.47. The summed E-state index contributed by atoms with van der Waals surface area (Å²) in [7, 11) is 0. The second kappa shape index (κ2) is 4.89. The van der Waals surface area contributed by atoms with Crippen molar-refractivity contribution in [3.8, 4) is 0 Å². The summed E-state index contributed by atoms with van der Waals surface area (Å²) < 4.78 is 2.22. The Balaban J connectivity index is 2.17. The maximum Gasteiger partial charge on any atom is 0.337 e. The third kappa shape index (κ3) is 2.12. The van der Waals surface area contributed by atoms with Crippen LogP contribution in [0.3, 0.4) is 0 Å². The van der Waals surface area contributed by atoms with E-state index in [2.05, 4.69) is 9.55 Å². The fourth-order valence-corrected chi connectivity index (χ4v) is 3.92. The predicted molar refractivity (Wildman–Crippen MR) is 77.0 cm³/mol. The van der Waals surface area contributed by atoms with Crippen LogP contribution in [0, 0.1) is 6.92 Å². The van der Waals surface area contributed by atoms with Gasteiger partial charge in [0.05, 0.1) is 11.1 Å². The molecule has 1 aromatic heterocycles. The molecule has 1 saturated heterocycles. The van der Waals surface area contributed by atoms with E-state index in [4.69, 9.17) is 0 Å². The molecule has 0 amide bonds. The molecule has 0 saturated carbocycles. The van der Waals surface area contributed by atoms with Crippen LogP contribution >= 0.6 is 11.8 Å². The lowest BCUT2D eigenvalue weighted by Gasteiger charge is -2.24. The number of thioether (sulfide) groups is 1. The van der Waals surface area contributed by atoms with E-state index in [-0.39, 0.29) is 0 Å². The second-order valence-electron chi connectivity index (χ2n) is 4.88. The first kappa shape index (κ1) is 12.5. The SMILES string of the molecule is Cc1nc2c(C(=O)O)cccc2n1C1CCCSC1. The van der Waals surface area contributed by atoms with E-state index >= 15 is 0 Å². The molecule has 2 heterocycles. The summed E-state index contributed by atoms with van der Waals surface area (Å²) >= 11 is 1.96. The summed E-state index contributed by atoms with van der Waals surface area (Å²) in [6, 6.07) is 5.84. The minimum Gasteiger partial charge on any atom is -0.478 e. The van der Waals surface area contributed by atoms with Gasteiger partial charge in [-0.05, 0) is 37.7 Å². The smallest absolute Gasteiger partial charge is 0.337 e. The highest BCUT2D eigenvalue weighted by molar-refractivity contribution is 7.99. The van der Waals surface area contributed by atoms with E-state index in [9.17, 15) is 9.90 Å². The molecular weight excluding hydrogens is 260 g/mol. The molecule has 1 N–H and O–H groups in total. The third-order valence-corrected chi connectivity index (χ3v) is 4.83. The maximum absolute atomic E-state index is 11.3. The van der Waals surface area contributed by atoms with Gasteiger partial charge in [-0.25, -0.2) is 9.78 Å². The van der Waals surface area contributed by atoms with Crippen molar-refractivity contribution in [3.63, 3.8) is 0 Å². The third-order valence-electron chi connectivity index (χ3n) is 3.63. The van der Waals surface area contributed by atoms with Crippen LogP contribution in [0.15, 0.2) is 18.2 Å². The van der Waals surface area contributed by atoms with Crippen LogP contribution < -0.4 is 0 Å². The van der Waals surface area contributed by atoms with E-state index in [0.717, 1.165) is 23.5 Å². The Morgan fingerprint density at radius 3 is 3.05 bits per heavy atom. The van der Waals surface area contributed by atoms with Gasteiger partial charge < -0.3 is 9.67 Å². The molecule has 19 heavy (non-hydrogen) atoms. The molecule has 1 aromatic carbocycles.